The average molecular weight is 329 g/mol. The molecule has 0 aliphatic carbocycles. The molecule has 0 saturated carbocycles. The number of piperidine rings is 1. The van der Waals surface area contributed by atoms with Crippen LogP contribution in [0.2, 0.25) is 0 Å². The van der Waals surface area contributed by atoms with Gasteiger partial charge in [0.25, 0.3) is 5.91 Å². The van der Waals surface area contributed by atoms with Crippen molar-refractivity contribution in [2.45, 2.75) is 45.2 Å². The van der Waals surface area contributed by atoms with Crippen LogP contribution in [0.15, 0.2) is 22.7 Å². The molecule has 0 radical (unpaired) electrons. The highest BCUT2D eigenvalue weighted by Crippen LogP contribution is 2.23. The number of carbonyl (C=O) groups is 1. The molecule has 19 heavy (non-hydrogen) atoms. The van der Waals surface area contributed by atoms with Gasteiger partial charge in [-0.3, -0.25) is 10.2 Å². The number of benzene rings is 1. The number of halogens is 2. The van der Waals surface area contributed by atoms with Gasteiger partial charge in [0.15, 0.2) is 0 Å². The van der Waals surface area contributed by atoms with E-state index in [9.17, 15) is 9.18 Å². The molecule has 2 atom stereocenters. The van der Waals surface area contributed by atoms with Crippen molar-refractivity contribution in [1.82, 2.24) is 10.4 Å². The number of hydrazine groups is 1. The van der Waals surface area contributed by atoms with Gasteiger partial charge in [0.1, 0.15) is 5.82 Å². The maximum Gasteiger partial charge on any atom is 0.269 e. The second-order valence-electron chi connectivity index (χ2n) is 5.07. The van der Waals surface area contributed by atoms with Gasteiger partial charge in [-0.25, -0.2) is 9.40 Å². The molecule has 1 aliphatic rings. The molecule has 1 heterocycles. The zero-order valence-corrected chi connectivity index (χ0v) is 12.7. The summed E-state index contributed by atoms with van der Waals surface area (Å²) in [7, 11) is 0. The van der Waals surface area contributed by atoms with Crippen LogP contribution in [0.3, 0.4) is 0 Å². The first-order chi connectivity index (χ1) is 9.00. The second kappa shape index (κ2) is 6.01. The average Bonchev–Trinajstić information content (AvgIpc) is 2.34. The molecule has 1 N–H and O–H groups in total. The highest BCUT2D eigenvalue weighted by Gasteiger charge is 2.27. The minimum Gasteiger partial charge on any atom is -0.284 e. The van der Waals surface area contributed by atoms with Gasteiger partial charge in [0.2, 0.25) is 0 Å². The fourth-order valence-electron chi connectivity index (χ4n) is 2.53. The van der Waals surface area contributed by atoms with E-state index < -0.39 is 11.7 Å². The number of amides is 1. The van der Waals surface area contributed by atoms with Crippen LogP contribution in [-0.4, -0.2) is 23.0 Å². The Morgan fingerprint density at radius 1 is 1.37 bits per heavy atom. The summed E-state index contributed by atoms with van der Waals surface area (Å²) in [5.41, 5.74) is 2.90. The van der Waals surface area contributed by atoms with Gasteiger partial charge in [0, 0.05) is 16.6 Å². The molecule has 5 heteroatoms. The third-order valence-corrected chi connectivity index (χ3v) is 4.27. The summed E-state index contributed by atoms with van der Waals surface area (Å²) in [6, 6.07) is 5.09. The minimum absolute atomic E-state index is 0.0625. The topological polar surface area (TPSA) is 32.3 Å². The molecule has 1 aromatic rings. The first-order valence-corrected chi connectivity index (χ1v) is 7.33. The van der Waals surface area contributed by atoms with Crippen molar-refractivity contribution < 1.29 is 9.18 Å². The summed E-state index contributed by atoms with van der Waals surface area (Å²) in [5.74, 6) is -0.908. The molecule has 1 aliphatic heterocycles. The minimum atomic E-state index is -0.510. The molecule has 1 fully saturated rings. The third-order valence-electron chi connectivity index (χ3n) is 3.61. The highest BCUT2D eigenvalue weighted by molar-refractivity contribution is 9.10. The number of hydrogen-bond donors (Lipinski definition) is 1. The molecular formula is C14H18BrFN2O. The van der Waals surface area contributed by atoms with Crippen LogP contribution in [-0.2, 0) is 0 Å². The lowest BCUT2D eigenvalue weighted by Crippen LogP contribution is -2.54. The van der Waals surface area contributed by atoms with E-state index in [0.29, 0.717) is 4.47 Å². The van der Waals surface area contributed by atoms with Crippen molar-refractivity contribution in [3.05, 3.63) is 34.1 Å². The van der Waals surface area contributed by atoms with E-state index in [4.69, 9.17) is 0 Å². The molecule has 0 aromatic heterocycles. The Hall–Kier alpha value is -0.940. The summed E-state index contributed by atoms with van der Waals surface area (Å²) in [6.07, 6.45) is 3.25. The first-order valence-electron chi connectivity index (χ1n) is 6.54. The Bertz CT molecular complexity index is 450. The van der Waals surface area contributed by atoms with Crippen LogP contribution >= 0.6 is 15.9 Å². The van der Waals surface area contributed by atoms with Crippen molar-refractivity contribution in [1.29, 1.82) is 0 Å². The van der Waals surface area contributed by atoms with Crippen molar-refractivity contribution in [2.75, 3.05) is 0 Å². The molecule has 104 valence electrons. The molecule has 1 aromatic carbocycles. The fourth-order valence-corrected chi connectivity index (χ4v) is 3.05. The zero-order valence-electron chi connectivity index (χ0n) is 11.1. The van der Waals surface area contributed by atoms with E-state index in [2.05, 4.69) is 35.2 Å². The Kier molecular flexibility index (Phi) is 4.58. The third kappa shape index (κ3) is 3.15. The van der Waals surface area contributed by atoms with Crippen LogP contribution in [0, 0.1) is 5.82 Å². The fraction of sp³-hybridized carbons (Fsp3) is 0.500. The number of rotatable bonds is 2. The summed E-state index contributed by atoms with van der Waals surface area (Å²) < 4.78 is 14.2. The molecule has 0 bridgehead atoms. The van der Waals surface area contributed by atoms with E-state index in [-0.39, 0.29) is 17.6 Å². The highest BCUT2D eigenvalue weighted by atomic mass is 79.9. The van der Waals surface area contributed by atoms with E-state index >= 15 is 0 Å². The largest absolute Gasteiger partial charge is 0.284 e. The van der Waals surface area contributed by atoms with Crippen LogP contribution in [0.4, 0.5) is 4.39 Å². The van der Waals surface area contributed by atoms with E-state index in [1.165, 1.54) is 6.07 Å². The number of hydrogen-bond acceptors (Lipinski definition) is 2. The molecule has 1 amide bonds. The Balaban J connectivity index is 2.16. The summed E-state index contributed by atoms with van der Waals surface area (Å²) in [5, 5.41) is 1.94. The maximum atomic E-state index is 13.7. The normalized spacial score (nSPS) is 24.2. The smallest absolute Gasteiger partial charge is 0.269 e. The zero-order chi connectivity index (χ0) is 14.0. The Morgan fingerprint density at radius 3 is 2.58 bits per heavy atom. The van der Waals surface area contributed by atoms with Crippen molar-refractivity contribution in [3.63, 3.8) is 0 Å². The second-order valence-corrected chi connectivity index (χ2v) is 5.93. The van der Waals surface area contributed by atoms with E-state index in [1.54, 1.807) is 12.1 Å². The monoisotopic (exact) mass is 328 g/mol. The van der Waals surface area contributed by atoms with E-state index in [1.807, 2.05) is 5.01 Å². The van der Waals surface area contributed by atoms with Crippen LogP contribution in [0.1, 0.15) is 43.5 Å². The van der Waals surface area contributed by atoms with Crippen molar-refractivity contribution >= 4 is 21.8 Å². The standard InChI is InChI=1S/C14H18BrFN2O/c1-9-5-3-6-10(2)18(9)17-14(19)13-11(15)7-4-8-12(13)16/h4,7-10H,3,5-6H2,1-2H3,(H,17,19). The van der Waals surface area contributed by atoms with Crippen LogP contribution in [0.5, 0.6) is 0 Å². The first kappa shape index (κ1) is 14.5. The van der Waals surface area contributed by atoms with Gasteiger partial charge < -0.3 is 0 Å². The van der Waals surface area contributed by atoms with Gasteiger partial charge in [0.05, 0.1) is 5.56 Å². The van der Waals surface area contributed by atoms with Gasteiger partial charge in [-0.1, -0.05) is 12.5 Å². The Morgan fingerprint density at radius 2 is 2.00 bits per heavy atom. The molecule has 2 unspecified atom stereocenters. The lowest BCUT2D eigenvalue weighted by Gasteiger charge is -2.38. The number of carbonyl (C=O) groups excluding carboxylic acids is 1. The molecule has 0 spiro atoms. The van der Waals surface area contributed by atoms with Crippen molar-refractivity contribution in [3.8, 4) is 0 Å². The lowest BCUT2D eigenvalue weighted by atomic mass is 10.00. The maximum absolute atomic E-state index is 13.7. The SMILES string of the molecule is CC1CCCC(C)N1NC(=O)c1c(F)cccc1Br. The van der Waals surface area contributed by atoms with Gasteiger partial charge in [-0.2, -0.15) is 0 Å². The van der Waals surface area contributed by atoms with Gasteiger partial charge >= 0.3 is 0 Å². The molecule has 2 rings (SSSR count). The van der Waals surface area contributed by atoms with Crippen LogP contribution < -0.4 is 5.43 Å². The summed E-state index contributed by atoms with van der Waals surface area (Å²) in [4.78, 5) is 12.2. The summed E-state index contributed by atoms with van der Waals surface area (Å²) >= 11 is 3.22. The molecule has 3 nitrogen and oxygen atoms in total. The van der Waals surface area contributed by atoms with Crippen LogP contribution in [0.25, 0.3) is 0 Å². The van der Waals surface area contributed by atoms with E-state index in [0.717, 1.165) is 19.3 Å². The molecular weight excluding hydrogens is 311 g/mol. The predicted octanol–water partition coefficient (Wildman–Crippen LogP) is 3.50. The van der Waals surface area contributed by atoms with Crippen molar-refractivity contribution in [2.24, 2.45) is 0 Å². The molecule has 1 saturated heterocycles. The van der Waals surface area contributed by atoms with Gasteiger partial charge in [-0.15, -0.1) is 0 Å². The lowest BCUT2D eigenvalue weighted by molar-refractivity contribution is 0.0366. The summed E-state index contributed by atoms with van der Waals surface area (Å²) in [6.45, 7) is 4.15. The van der Waals surface area contributed by atoms with Gasteiger partial charge in [-0.05, 0) is 54.8 Å². The predicted molar refractivity (Wildman–Crippen MR) is 76.2 cm³/mol. The Labute approximate surface area is 121 Å². The number of nitrogens with zero attached hydrogens (tertiary/aromatic N) is 1. The number of nitrogens with one attached hydrogen (secondary N) is 1. The quantitative estimate of drug-likeness (QED) is 0.901.